The second-order valence-corrected chi connectivity index (χ2v) is 5.04. The van der Waals surface area contributed by atoms with E-state index < -0.39 is 0 Å². The molecule has 3 nitrogen and oxygen atoms in total. The standard InChI is InChI=1S/C13H22N2O/c1-13(2,3)11-6-7-12(15-10-11)14-8-4-5-9-16/h6-7,10,16H,4-5,8-9H2,1-3H3,(H,14,15). The zero-order valence-corrected chi connectivity index (χ0v) is 10.5. The van der Waals surface area contributed by atoms with Crippen molar-refractivity contribution in [2.75, 3.05) is 18.5 Å². The van der Waals surface area contributed by atoms with Crippen LogP contribution in [0.2, 0.25) is 0 Å². The zero-order valence-electron chi connectivity index (χ0n) is 10.5. The summed E-state index contributed by atoms with van der Waals surface area (Å²) in [7, 11) is 0. The van der Waals surface area contributed by atoms with Crippen molar-refractivity contribution < 1.29 is 5.11 Å². The smallest absolute Gasteiger partial charge is 0.125 e. The van der Waals surface area contributed by atoms with Crippen LogP contribution in [0.1, 0.15) is 39.2 Å². The van der Waals surface area contributed by atoms with Crippen LogP contribution in [0.5, 0.6) is 0 Å². The first-order valence-corrected chi connectivity index (χ1v) is 5.85. The van der Waals surface area contributed by atoms with Gasteiger partial charge < -0.3 is 10.4 Å². The van der Waals surface area contributed by atoms with E-state index >= 15 is 0 Å². The maximum absolute atomic E-state index is 8.65. The fourth-order valence-corrected chi connectivity index (χ4v) is 1.40. The molecule has 0 fully saturated rings. The van der Waals surface area contributed by atoms with Crippen LogP contribution < -0.4 is 5.32 Å². The normalized spacial score (nSPS) is 11.5. The van der Waals surface area contributed by atoms with Gasteiger partial charge in [-0.1, -0.05) is 26.8 Å². The molecule has 0 unspecified atom stereocenters. The van der Waals surface area contributed by atoms with Crippen molar-refractivity contribution >= 4 is 5.82 Å². The molecule has 1 heterocycles. The van der Waals surface area contributed by atoms with E-state index in [2.05, 4.69) is 37.1 Å². The molecule has 0 amide bonds. The van der Waals surface area contributed by atoms with Crippen LogP contribution >= 0.6 is 0 Å². The maximum Gasteiger partial charge on any atom is 0.125 e. The van der Waals surface area contributed by atoms with Crippen molar-refractivity contribution in [1.29, 1.82) is 0 Å². The van der Waals surface area contributed by atoms with Crippen molar-refractivity contribution in [2.24, 2.45) is 0 Å². The molecule has 90 valence electrons. The van der Waals surface area contributed by atoms with E-state index in [-0.39, 0.29) is 12.0 Å². The van der Waals surface area contributed by atoms with E-state index in [0.29, 0.717) is 0 Å². The quantitative estimate of drug-likeness (QED) is 0.753. The minimum absolute atomic E-state index is 0.155. The van der Waals surface area contributed by atoms with Gasteiger partial charge in [-0.05, 0) is 29.9 Å². The molecule has 0 bridgehead atoms. The molecule has 0 radical (unpaired) electrons. The Kier molecular flexibility index (Phi) is 4.74. The van der Waals surface area contributed by atoms with Gasteiger partial charge in [0.15, 0.2) is 0 Å². The molecule has 0 spiro atoms. The lowest BCUT2D eigenvalue weighted by molar-refractivity contribution is 0.286. The van der Waals surface area contributed by atoms with Crippen molar-refractivity contribution in [3.63, 3.8) is 0 Å². The summed E-state index contributed by atoms with van der Waals surface area (Å²) in [6.07, 6.45) is 3.74. The molecule has 0 saturated heterocycles. The average molecular weight is 222 g/mol. The van der Waals surface area contributed by atoms with Crippen LogP contribution in [0, 0.1) is 0 Å². The Morgan fingerprint density at radius 1 is 1.25 bits per heavy atom. The Morgan fingerprint density at radius 2 is 2.00 bits per heavy atom. The third-order valence-corrected chi connectivity index (χ3v) is 2.52. The number of hydrogen-bond acceptors (Lipinski definition) is 3. The monoisotopic (exact) mass is 222 g/mol. The van der Waals surface area contributed by atoms with E-state index in [1.165, 1.54) is 5.56 Å². The number of nitrogens with zero attached hydrogens (tertiary/aromatic N) is 1. The molecular formula is C13H22N2O. The number of aliphatic hydroxyl groups is 1. The van der Waals surface area contributed by atoms with E-state index in [1.807, 2.05) is 12.3 Å². The number of unbranched alkanes of at least 4 members (excludes halogenated alkanes) is 1. The Bertz CT molecular complexity index is 301. The van der Waals surface area contributed by atoms with Gasteiger partial charge in [0, 0.05) is 19.3 Å². The number of aliphatic hydroxyl groups excluding tert-OH is 1. The van der Waals surface area contributed by atoms with Gasteiger partial charge in [0.05, 0.1) is 0 Å². The van der Waals surface area contributed by atoms with Crippen LogP contribution in [-0.2, 0) is 5.41 Å². The van der Waals surface area contributed by atoms with E-state index in [0.717, 1.165) is 25.2 Å². The third kappa shape index (κ3) is 4.19. The lowest BCUT2D eigenvalue weighted by atomic mass is 9.88. The van der Waals surface area contributed by atoms with Gasteiger partial charge in [-0.3, -0.25) is 0 Å². The number of hydrogen-bond donors (Lipinski definition) is 2. The van der Waals surface area contributed by atoms with Gasteiger partial charge in [-0.25, -0.2) is 4.98 Å². The minimum Gasteiger partial charge on any atom is -0.396 e. The number of rotatable bonds is 5. The zero-order chi connectivity index (χ0) is 12.0. The molecule has 2 N–H and O–H groups in total. The van der Waals surface area contributed by atoms with Gasteiger partial charge in [-0.15, -0.1) is 0 Å². The van der Waals surface area contributed by atoms with Gasteiger partial charge in [0.2, 0.25) is 0 Å². The van der Waals surface area contributed by atoms with Crippen molar-refractivity contribution in [3.05, 3.63) is 23.9 Å². The summed E-state index contributed by atoms with van der Waals surface area (Å²) in [6.45, 7) is 7.66. The molecule has 3 heteroatoms. The predicted molar refractivity (Wildman–Crippen MR) is 67.7 cm³/mol. The molecule has 16 heavy (non-hydrogen) atoms. The second kappa shape index (κ2) is 5.85. The fourth-order valence-electron chi connectivity index (χ4n) is 1.40. The lowest BCUT2D eigenvalue weighted by Crippen LogP contribution is -2.12. The molecule has 0 aliphatic carbocycles. The number of aromatic nitrogens is 1. The number of pyridine rings is 1. The highest BCUT2D eigenvalue weighted by atomic mass is 16.2. The van der Waals surface area contributed by atoms with E-state index in [1.54, 1.807) is 0 Å². The van der Waals surface area contributed by atoms with Crippen LogP contribution in [0.15, 0.2) is 18.3 Å². The summed E-state index contributed by atoms with van der Waals surface area (Å²) in [5, 5.41) is 11.9. The summed E-state index contributed by atoms with van der Waals surface area (Å²) in [5.74, 6) is 0.908. The van der Waals surface area contributed by atoms with E-state index in [9.17, 15) is 0 Å². The first-order chi connectivity index (χ1) is 7.54. The molecule has 1 rings (SSSR count). The van der Waals surface area contributed by atoms with Crippen LogP contribution in [0.3, 0.4) is 0 Å². The number of nitrogens with one attached hydrogen (secondary N) is 1. The third-order valence-electron chi connectivity index (χ3n) is 2.52. The molecule has 0 aliphatic rings. The molecule has 0 atom stereocenters. The highest BCUT2D eigenvalue weighted by Crippen LogP contribution is 2.21. The highest BCUT2D eigenvalue weighted by Gasteiger charge is 2.13. The summed E-state index contributed by atoms with van der Waals surface area (Å²) in [5.41, 5.74) is 1.40. The molecule has 0 saturated carbocycles. The Labute approximate surface area is 97.9 Å². The van der Waals surface area contributed by atoms with Crippen LogP contribution in [0.25, 0.3) is 0 Å². The first-order valence-electron chi connectivity index (χ1n) is 5.85. The SMILES string of the molecule is CC(C)(C)c1ccc(NCCCCO)nc1. The molecule has 1 aromatic rings. The van der Waals surface area contributed by atoms with Crippen LogP contribution in [-0.4, -0.2) is 23.2 Å². The first kappa shape index (κ1) is 13.0. The summed E-state index contributed by atoms with van der Waals surface area (Å²) in [4.78, 5) is 4.37. The minimum atomic E-state index is 0.155. The molecule has 0 aromatic carbocycles. The average Bonchev–Trinajstić information content (AvgIpc) is 2.24. The summed E-state index contributed by atoms with van der Waals surface area (Å²) < 4.78 is 0. The summed E-state index contributed by atoms with van der Waals surface area (Å²) >= 11 is 0. The van der Waals surface area contributed by atoms with Crippen molar-refractivity contribution in [2.45, 2.75) is 39.0 Å². The van der Waals surface area contributed by atoms with Gasteiger partial charge in [0.25, 0.3) is 0 Å². The molecular weight excluding hydrogens is 200 g/mol. The molecule has 1 aromatic heterocycles. The Morgan fingerprint density at radius 3 is 2.50 bits per heavy atom. The van der Waals surface area contributed by atoms with Gasteiger partial charge >= 0.3 is 0 Å². The lowest BCUT2D eigenvalue weighted by Gasteiger charge is -2.18. The Hall–Kier alpha value is -1.09. The van der Waals surface area contributed by atoms with Crippen molar-refractivity contribution in [1.82, 2.24) is 4.98 Å². The topological polar surface area (TPSA) is 45.1 Å². The van der Waals surface area contributed by atoms with E-state index in [4.69, 9.17) is 5.11 Å². The van der Waals surface area contributed by atoms with Crippen LogP contribution in [0.4, 0.5) is 5.82 Å². The van der Waals surface area contributed by atoms with Gasteiger partial charge in [0.1, 0.15) is 5.82 Å². The Balaban J connectivity index is 2.46. The largest absolute Gasteiger partial charge is 0.396 e. The number of anilines is 1. The maximum atomic E-state index is 8.65. The molecule has 0 aliphatic heterocycles. The second-order valence-electron chi connectivity index (χ2n) is 5.04. The van der Waals surface area contributed by atoms with Crippen molar-refractivity contribution in [3.8, 4) is 0 Å². The summed E-state index contributed by atoms with van der Waals surface area (Å²) in [6, 6.07) is 4.13. The predicted octanol–water partition coefficient (Wildman–Crippen LogP) is 2.56. The highest BCUT2D eigenvalue weighted by molar-refractivity contribution is 5.36. The van der Waals surface area contributed by atoms with Gasteiger partial charge in [-0.2, -0.15) is 0 Å². The fraction of sp³-hybridized carbons (Fsp3) is 0.615.